The van der Waals surface area contributed by atoms with Crippen LogP contribution in [0.3, 0.4) is 0 Å². The first-order chi connectivity index (χ1) is 7.83. The molecule has 1 heterocycles. The first-order valence-electron chi connectivity index (χ1n) is 6.48. The van der Waals surface area contributed by atoms with Crippen LogP contribution in [0.5, 0.6) is 0 Å². The summed E-state index contributed by atoms with van der Waals surface area (Å²) in [6.45, 7) is 3.03. The van der Waals surface area contributed by atoms with E-state index in [-0.39, 0.29) is 0 Å². The van der Waals surface area contributed by atoms with Gasteiger partial charge in [0.2, 0.25) is 0 Å². The first kappa shape index (κ1) is 10.3. The number of nitrogens with zero attached hydrogens (tertiary/aromatic N) is 1. The standard InChI is InChI=1S/C14H20N2/c1-10-2-7-13(15-8-10)9-16-14(11-3-4-11)12-5-6-12/h2,7-8,11-12,14,16H,3-6,9H2,1H3. The summed E-state index contributed by atoms with van der Waals surface area (Å²) < 4.78 is 0. The maximum absolute atomic E-state index is 4.45. The smallest absolute Gasteiger partial charge is 0.0541 e. The van der Waals surface area contributed by atoms with E-state index in [1.54, 1.807) is 0 Å². The maximum atomic E-state index is 4.45. The molecule has 0 radical (unpaired) electrons. The van der Waals surface area contributed by atoms with Crippen molar-refractivity contribution in [3.8, 4) is 0 Å². The van der Waals surface area contributed by atoms with Crippen LogP contribution in [0.4, 0.5) is 0 Å². The molecule has 0 bridgehead atoms. The van der Waals surface area contributed by atoms with E-state index in [9.17, 15) is 0 Å². The van der Waals surface area contributed by atoms with Crippen molar-refractivity contribution in [3.05, 3.63) is 29.6 Å². The lowest BCUT2D eigenvalue weighted by Crippen LogP contribution is -2.32. The van der Waals surface area contributed by atoms with Gasteiger partial charge in [0.15, 0.2) is 0 Å². The average Bonchev–Trinajstić information content (AvgIpc) is 3.15. The minimum absolute atomic E-state index is 0.781. The lowest BCUT2D eigenvalue weighted by atomic mass is 10.1. The molecule has 16 heavy (non-hydrogen) atoms. The third kappa shape index (κ3) is 2.43. The zero-order valence-corrected chi connectivity index (χ0v) is 9.95. The molecule has 0 atom stereocenters. The molecule has 0 unspecified atom stereocenters. The van der Waals surface area contributed by atoms with E-state index in [2.05, 4.69) is 29.4 Å². The zero-order valence-electron chi connectivity index (χ0n) is 9.95. The van der Waals surface area contributed by atoms with E-state index in [0.29, 0.717) is 0 Å². The Morgan fingerprint density at radius 1 is 1.25 bits per heavy atom. The minimum Gasteiger partial charge on any atom is -0.308 e. The van der Waals surface area contributed by atoms with Crippen LogP contribution in [-0.4, -0.2) is 11.0 Å². The molecule has 86 valence electrons. The number of pyridine rings is 1. The Bertz CT molecular complexity index is 338. The Labute approximate surface area is 97.5 Å². The van der Waals surface area contributed by atoms with E-state index < -0.39 is 0 Å². The van der Waals surface area contributed by atoms with Crippen molar-refractivity contribution in [3.63, 3.8) is 0 Å². The average molecular weight is 216 g/mol. The van der Waals surface area contributed by atoms with Gasteiger partial charge in [-0.2, -0.15) is 0 Å². The van der Waals surface area contributed by atoms with Crippen LogP contribution in [0.15, 0.2) is 18.3 Å². The van der Waals surface area contributed by atoms with E-state index in [0.717, 1.165) is 24.4 Å². The Morgan fingerprint density at radius 2 is 1.94 bits per heavy atom. The molecule has 2 fully saturated rings. The number of aryl methyl sites for hydroxylation is 1. The minimum atomic E-state index is 0.781. The molecule has 0 aromatic carbocycles. The molecule has 1 aromatic rings. The van der Waals surface area contributed by atoms with Crippen LogP contribution in [-0.2, 0) is 6.54 Å². The highest BCUT2D eigenvalue weighted by Gasteiger charge is 2.40. The second kappa shape index (κ2) is 4.17. The van der Waals surface area contributed by atoms with E-state index in [4.69, 9.17) is 0 Å². The molecule has 1 N–H and O–H groups in total. The van der Waals surface area contributed by atoms with Gasteiger partial charge < -0.3 is 5.32 Å². The van der Waals surface area contributed by atoms with Crippen LogP contribution >= 0.6 is 0 Å². The molecule has 2 aliphatic carbocycles. The number of rotatable bonds is 5. The van der Waals surface area contributed by atoms with Gasteiger partial charge in [-0.25, -0.2) is 0 Å². The van der Waals surface area contributed by atoms with Crippen LogP contribution < -0.4 is 5.32 Å². The van der Waals surface area contributed by atoms with Crippen LogP contribution in [0.25, 0.3) is 0 Å². The molecule has 0 aliphatic heterocycles. The maximum Gasteiger partial charge on any atom is 0.0541 e. The van der Waals surface area contributed by atoms with E-state index in [1.165, 1.54) is 36.9 Å². The van der Waals surface area contributed by atoms with Gasteiger partial charge in [0.05, 0.1) is 5.69 Å². The Balaban J connectivity index is 1.56. The molecule has 2 heteroatoms. The third-order valence-electron chi connectivity index (χ3n) is 3.75. The predicted molar refractivity (Wildman–Crippen MR) is 65.0 cm³/mol. The van der Waals surface area contributed by atoms with Gasteiger partial charge in [0.25, 0.3) is 0 Å². The topological polar surface area (TPSA) is 24.9 Å². The monoisotopic (exact) mass is 216 g/mol. The van der Waals surface area contributed by atoms with Gasteiger partial charge in [-0.1, -0.05) is 6.07 Å². The van der Waals surface area contributed by atoms with Crippen molar-refractivity contribution in [2.24, 2.45) is 11.8 Å². The second-order valence-electron chi connectivity index (χ2n) is 5.41. The lowest BCUT2D eigenvalue weighted by molar-refractivity contribution is 0.413. The van der Waals surface area contributed by atoms with E-state index in [1.807, 2.05) is 6.20 Å². The van der Waals surface area contributed by atoms with E-state index >= 15 is 0 Å². The van der Waals surface area contributed by atoms with Crippen molar-refractivity contribution >= 4 is 0 Å². The van der Waals surface area contributed by atoms with Crippen molar-refractivity contribution in [2.75, 3.05) is 0 Å². The SMILES string of the molecule is Cc1ccc(CNC(C2CC2)C2CC2)nc1. The summed E-state index contributed by atoms with van der Waals surface area (Å²) in [6, 6.07) is 5.06. The number of hydrogen-bond donors (Lipinski definition) is 1. The van der Waals surface area contributed by atoms with Crippen LogP contribution in [0.1, 0.15) is 36.9 Å². The van der Waals surface area contributed by atoms with Gasteiger partial charge in [0, 0.05) is 18.8 Å². The van der Waals surface area contributed by atoms with Crippen molar-refractivity contribution in [2.45, 2.75) is 45.2 Å². The van der Waals surface area contributed by atoms with Crippen molar-refractivity contribution < 1.29 is 0 Å². The quantitative estimate of drug-likeness (QED) is 0.818. The Kier molecular flexibility index (Phi) is 2.68. The molecule has 2 saturated carbocycles. The third-order valence-corrected chi connectivity index (χ3v) is 3.75. The summed E-state index contributed by atoms with van der Waals surface area (Å²) in [5, 5.41) is 3.72. The first-order valence-corrected chi connectivity index (χ1v) is 6.48. The molecule has 0 amide bonds. The van der Waals surface area contributed by atoms with Crippen LogP contribution in [0.2, 0.25) is 0 Å². The van der Waals surface area contributed by atoms with Gasteiger partial charge in [-0.3, -0.25) is 4.98 Å². The highest BCUT2D eigenvalue weighted by atomic mass is 15.0. The predicted octanol–water partition coefficient (Wildman–Crippen LogP) is 2.67. The van der Waals surface area contributed by atoms with Crippen molar-refractivity contribution in [1.29, 1.82) is 0 Å². The van der Waals surface area contributed by atoms with Gasteiger partial charge >= 0.3 is 0 Å². The Morgan fingerprint density at radius 3 is 2.44 bits per heavy atom. The Hall–Kier alpha value is -0.890. The number of nitrogens with one attached hydrogen (secondary N) is 1. The fraction of sp³-hybridized carbons (Fsp3) is 0.643. The molecular weight excluding hydrogens is 196 g/mol. The number of aromatic nitrogens is 1. The molecule has 2 nitrogen and oxygen atoms in total. The molecule has 1 aromatic heterocycles. The fourth-order valence-corrected chi connectivity index (χ4v) is 2.45. The second-order valence-corrected chi connectivity index (χ2v) is 5.41. The summed E-state index contributed by atoms with van der Waals surface area (Å²) in [7, 11) is 0. The molecule has 3 rings (SSSR count). The highest BCUT2D eigenvalue weighted by Crippen LogP contribution is 2.44. The largest absolute Gasteiger partial charge is 0.308 e. The lowest BCUT2D eigenvalue weighted by Gasteiger charge is -2.17. The van der Waals surface area contributed by atoms with Gasteiger partial charge in [-0.05, 0) is 56.1 Å². The highest BCUT2D eigenvalue weighted by molar-refractivity contribution is 5.12. The van der Waals surface area contributed by atoms with Gasteiger partial charge in [0.1, 0.15) is 0 Å². The number of hydrogen-bond acceptors (Lipinski definition) is 2. The van der Waals surface area contributed by atoms with Crippen LogP contribution in [0, 0.1) is 18.8 Å². The fourth-order valence-electron chi connectivity index (χ4n) is 2.45. The summed E-state index contributed by atoms with van der Waals surface area (Å²) in [6.07, 6.45) is 7.72. The molecular formula is C14H20N2. The normalized spacial score (nSPS) is 20.4. The van der Waals surface area contributed by atoms with Crippen molar-refractivity contribution in [1.82, 2.24) is 10.3 Å². The summed E-state index contributed by atoms with van der Waals surface area (Å²) in [5.41, 5.74) is 2.42. The summed E-state index contributed by atoms with van der Waals surface area (Å²) >= 11 is 0. The summed E-state index contributed by atoms with van der Waals surface area (Å²) in [4.78, 5) is 4.45. The molecule has 0 saturated heterocycles. The molecule has 2 aliphatic rings. The summed E-state index contributed by atoms with van der Waals surface area (Å²) in [5.74, 6) is 1.94. The zero-order chi connectivity index (χ0) is 11.0. The van der Waals surface area contributed by atoms with Gasteiger partial charge in [-0.15, -0.1) is 0 Å². The molecule has 0 spiro atoms.